The van der Waals surface area contributed by atoms with E-state index in [1.54, 1.807) is 35.6 Å². The topological polar surface area (TPSA) is 69.6 Å². The number of amides is 1. The number of nitrogens with zero attached hydrogens (tertiary/aromatic N) is 4. The SMILES string of the molecule is O=C(c1ccc(O)cc1)N1CCN(c2nc(-c3ccsc3)nc3ccccc23)CC1. The van der Waals surface area contributed by atoms with E-state index in [1.807, 2.05) is 34.5 Å². The van der Waals surface area contributed by atoms with Crippen molar-refractivity contribution in [2.45, 2.75) is 0 Å². The molecule has 6 nitrogen and oxygen atoms in total. The van der Waals surface area contributed by atoms with Gasteiger partial charge in [-0.05, 0) is 47.8 Å². The maximum atomic E-state index is 12.8. The number of hydrogen-bond donors (Lipinski definition) is 1. The molecule has 7 heteroatoms. The van der Waals surface area contributed by atoms with Crippen LogP contribution in [-0.2, 0) is 0 Å². The fourth-order valence-electron chi connectivity index (χ4n) is 3.73. The minimum atomic E-state index is -0.0128. The van der Waals surface area contributed by atoms with Gasteiger partial charge in [-0.1, -0.05) is 12.1 Å². The number of hydrogen-bond acceptors (Lipinski definition) is 6. The van der Waals surface area contributed by atoms with E-state index in [9.17, 15) is 9.90 Å². The number of fused-ring (bicyclic) bond motifs is 1. The molecule has 0 unspecified atom stereocenters. The number of phenols is 1. The van der Waals surface area contributed by atoms with Crippen molar-refractivity contribution in [3.05, 3.63) is 70.9 Å². The first kappa shape index (κ1) is 18.6. The van der Waals surface area contributed by atoms with Gasteiger partial charge in [0.05, 0.1) is 5.52 Å². The molecule has 0 radical (unpaired) electrons. The van der Waals surface area contributed by atoms with E-state index in [4.69, 9.17) is 9.97 Å². The molecule has 30 heavy (non-hydrogen) atoms. The Hall–Kier alpha value is -3.45. The lowest BCUT2D eigenvalue weighted by Crippen LogP contribution is -2.49. The molecule has 0 saturated carbocycles. The lowest BCUT2D eigenvalue weighted by Gasteiger charge is -2.36. The van der Waals surface area contributed by atoms with Gasteiger partial charge in [0, 0.05) is 48.1 Å². The van der Waals surface area contributed by atoms with Gasteiger partial charge >= 0.3 is 0 Å². The molecule has 0 aliphatic carbocycles. The van der Waals surface area contributed by atoms with Gasteiger partial charge in [0.2, 0.25) is 0 Å². The molecule has 4 aromatic rings. The van der Waals surface area contributed by atoms with Crippen LogP contribution in [0.15, 0.2) is 65.4 Å². The number of benzene rings is 2. The van der Waals surface area contributed by atoms with Crippen LogP contribution in [0, 0.1) is 0 Å². The van der Waals surface area contributed by atoms with E-state index in [0.29, 0.717) is 31.7 Å². The average Bonchev–Trinajstić information content (AvgIpc) is 3.34. The van der Waals surface area contributed by atoms with E-state index in [-0.39, 0.29) is 11.7 Å². The number of phenolic OH excluding ortho intramolecular Hbond substituents is 1. The van der Waals surface area contributed by atoms with E-state index in [2.05, 4.69) is 16.3 Å². The van der Waals surface area contributed by atoms with Crippen LogP contribution in [0.2, 0.25) is 0 Å². The number of carbonyl (C=O) groups is 1. The summed E-state index contributed by atoms with van der Waals surface area (Å²) in [6.07, 6.45) is 0. The van der Waals surface area contributed by atoms with Crippen LogP contribution in [0.3, 0.4) is 0 Å². The fourth-order valence-corrected chi connectivity index (χ4v) is 4.36. The monoisotopic (exact) mass is 416 g/mol. The number of rotatable bonds is 3. The Morgan fingerprint density at radius 3 is 2.43 bits per heavy atom. The second-order valence-electron chi connectivity index (χ2n) is 7.23. The summed E-state index contributed by atoms with van der Waals surface area (Å²) < 4.78 is 0. The van der Waals surface area contributed by atoms with Crippen LogP contribution in [0.4, 0.5) is 5.82 Å². The van der Waals surface area contributed by atoms with Gasteiger partial charge in [0.25, 0.3) is 5.91 Å². The third kappa shape index (κ3) is 3.48. The molecule has 5 rings (SSSR count). The van der Waals surface area contributed by atoms with Crippen molar-refractivity contribution in [3.63, 3.8) is 0 Å². The molecule has 150 valence electrons. The van der Waals surface area contributed by atoms with Crippen LogP contribution in [0.1, 0.15) is 10.4 Å². The molecule has 0 atom stereocenters. The molecule has 1 fully saturated rings. The van der Waals surface area contributed by atoms with Crippen molar-refractivity contribution in [3.8, 4) is 17.1 Å². The second-order valence-corrected chi connectivity index (χ2v) is 8.01. The molecule has 3 heterocycles. The van der Waals surface area contributed by atoms with Crippen LogP contribution < -0.4 is 4.90 Å². The third-order valence-corrected chi connectivity index (χ3v) is 6.03. The van der Waals surface area contributed by atoms with Gasteiger partial charge in [0.15, 0.2) is 5.82 Å². The van der Waals surface area contributed by atoms with E-state index in [0.717, 1.165) is 28.1 Å². The van der Waals surface area contributed by atoms with Crippen LogP contribution in [0.5, 0.6) is 5.75 Å². The summed E-state index contributed by atoms with van der Waals surface area (Å²) in [5.41, 5.74) is 2.54. The summed E-state index contributed by atoms with van der Waals surface area (Å²) in [4.78, 5) is 26.5. The zero-order valence-electron chi connectivity index (χ0n) is 16.2. The molecule has 1 N–H and O–H groups in total. The zero-order chi connectivity index (χ0) is 20.5. The fraction of sp³-hybridized carbons (Fsp3) is 0.174. The lowest BCUT2D eigenvalue weighted by atomic mass is 10.1. The quantitative estimate of drug-likeness (QED) is 0.546. The van der Waals surface area contributed by atoms with Crippen molar-refractivity contribution in [2.75, 3.05) is 31.1 Å². The Kier molecular flexibility index (Phi) is 4.80. The van der Waals surface area contributed by atoms with E-state index < -0.39 is 0 Å². The number of carbonyl (C=O) groups excluding carboxylic acids is 1. The maximum absolute atomic E-state index is 12.8. The second kappa shape index (κ2) is 7.76. The van der Waals surface area contributed by atoms with Gasteiger partial charge in [-0.3, -0.25) is 4.79 Å². The predicted octanol–water partition coefficient (Wildman–Crippen LogP) is 4.03. The van der Waals surface area contributed by atoms with Crippen molar-refractivity contribution < 1.29 is 9.90 Å². The largest absolute Gasteiger partial charge is 0.508 e. The zero-order valence-corrected chi connectivity index (χ0v) is 17.0. The van der Waals surface area contributed by atoms with Gasteiger partial charge in [-0.2, -0.15) is 11.3 Å². The normalized spacial score (nSPS) is 14.3. The Morgan fingerprint density at radius 2 is 1.70 bits per heavy atom. The van der Waals surface area contributed by atoms with Crippen LogP contribution in [0.25, 0.3) is 22.3 Å². The number of aromatic hydroxyl groups is 1. The molecule has 2 aromatic carbocycles. The molecule has 2 aromatic heterocycles. The Morgan fingerprint density at radius 1 is 0.933 bits per heavy atom. The van der Waals surface area contributed by atoms with Crippen molar-refractivity contribution in [1.29, 1.82) is 0 Å². The molecule has 1 aliphatic rings. The van der Waals surface area contributed by atoms with Gasteiger partial charge in [0.1, 0.15) is 11.6 Å². The van der Waals surface area contributed by atoms with Gasteiger partial charge in [-0.15, -0.1) is 0 Å². The number of thiophene rings is 1. The molecule has 1 saturated heterocycles. The highest BCUT2D eigenvalue weighted by atomic mass is 32.1. The van der Waals surface area contributed by atoms with E-state index in [1.165, 1.54) is 0 Å². The first-order valence-corrected chi connectivity index (χ1v) is 10.8. The number of piperazine rings is 1. The Bertz CT molecular complexity index is 1180. The Labute approximate surface area is 178 Å². The lowest BCUT2D eigenvalue weighted by molar-refractivity contribution is 0.0746. The number of para-hydroxylation sites is 1. The highest BCUT2D eigenvalue weighted by molar-refractivity contribution is 7.08. The summed E-state index contributed by atoms with van der Waals surface area (Å²) in [6, 6.07) is 16.5. The molecular formula is C23H20N4O2S. The summed E-state index contributed by atoms with van der Waals surface area (Å²) in [7, 11) is 0. The highest BCUT2D eigenvalue weighted by Gasteiger charge is 2.24. The third-order valence-electron chi connectivity index (χ3n) is 5.34. The average molecular weight is 417 g/mol. The van der Waals surface area contributed by atoms with Crippen molar-refractivity contribution >= 4 is 34.0 Å². The minimum absolute atomic E-state index is 0.0128. The Balaban J connectivity index is 1.40. The highest BCUT2D eigenvalue weighted by Crippen LogP contribution is 2.29. The molecule has 1 amide bonds. The van der Waals surface area contributed by atoms with Gasteiger partial charge in [-0.25, -0.2) is 9.97 Å². The van der Waals surface area contributed by atoms with Crippen molar-refractivity contribution in [1.82, 2.24) is 14.9 Å². The number of aromatic nitrogens is 2. The number of anilines is 1. The minimum Gasteiger partial charge on any atom is -0.508 e. The predicted molar refractivity (Wildman–Crippen MR) is 119 cm³/mol. The van der Waals surface area contributed by atoms with Gasteiger partial charge < -0.3 is 14.9 Å². The summed E-state index contributed by atoms with van der Waals surface area (Å²) in [5, 5.41) is 14.6. The van der Waals surface area contributed by atoms with Crippen molar-refractivity contribution in [2.24, 2.45) is 0 Å². The molecule has 0 bridgehead atoms. The summed E-state index contributed by atoms with van der Waals surface area (Å²) >= 11 is 1.63. The standard InChI is InChI=1S/C23H20N4O2S/c28-18-7-5-16(6-8-18)23(29)27-12-10-26(11-13-27)22-19-3-1-2-4-20(19)24-21(25-22)17-9-14-30-15-17/h1-9,14-15,28H,10-13H2. The summed E-state index contributed by atoms with van der Waals surface area (Å²) in [5.74, 6) is 1.79. The molecule has 1 aliphatic heterocycles. The molecule has 0 spiro atoms. The van der Waals surface area contributed by atoms with Crippen LogP contribution >= 0.6 is 11.3 Å². The first-order valence-electron chi connectivity index (χ1n) is 9.82. The summed E-state index contributed by atoms with van der Waals surface area (Å²) in [6.45, 7) is 2.64. The smallest absolute Gasteiger partial charge is 0.253 e. The molecular weight excluding hydrogens is 396 g/mol. The first-order chi connectivity index (χ1) is 14.7. The van der Waals surface area contributed by atoms with Crippen LogP contribution in [-0.4, -0.2) is 52.1 Å². The van der Waals surface area contributed by atoms with E-state index >= 15 is 0 Å². The maximum Gasteiger partial charge on any atom is 0.253 e.